The molecule has 1 aliphatic heterocycles. The van der Waals surface area contributed by atoms with E-state index < -0.39 is 22.9 Å². The van der Waals surface area contributed by atoms with Crippen LogP contribution in [0.2, 0.25) is 0 Å². The maximum absolute atomic E-state index is 13.5. The lowest BCUT2D eigenvalue weighted by molar-refractivity contribution is -0.116. The molecule has 0 radical (unpaired) electrons. The van der Waals surface area contributed by atoms with Gasteiger partial charge in [0.2, 0.25) is 12.7 Å². The molecule has 10 heteroatoms. The normalized spacial score (nSPS) is 12.6. The van der Waals surface area contributed by atoms with Crippen LogP contribution in [0.25, 0.3) is 6.08 Å². The smallest absolute Gasteiger partial charge is 0.272 e. The zero-order chi connectivity index (χ0) is 32.6. The molecule has 5 aromatic rings. The fraction of sp³-hybridized carbons (Fsp3) is 0.0541. The Balaban J connectivity index is 1.17. The third-order valence-electron chi connectivity index (χ3n) is 7.06. The highest BCUT2D eigenvalue weighted by molar-refractivity contribution is 8.00. The number of carbonyl (C=O) groups excluding carboxylic acids is 3. The summed E-state index contributed by atoms with van der Waals surface area (Å²) in [7, 11) is 0. The molecule has 3 N–H and O–H groups in total. The second-order valence-electron chi connectivity index (χ2n) is 10.4. The molecule has 1 aliphatic rings. The van der Waals surface area contributed by atoms with Gasteiger partial charge in [-0.15, -0.1) is 11.8 Å². The van der Waals surface area contributed by atoms with Crippen LogP contribution in [0, 0.1) is 5.82 Å². The van der Waals surface area contributed by atoms with Crippen LogP contribution in [0.4, 0.5) is 15.8 Å². The minimum absolute atomic E-state index is 0.0201. The van der Waals surface area contributed by atoms with Crippen LogP contribution in [0.3, 0.4) is 0 Å². The Kier molecular flexibility index (Phi) is 9.59. The van der Waals surface area contributed by atoms with Gasteiger partial charge in [0.15, 0.2) is 11.5 Å². The van der Waals surface area contributed by atoms with Gasteiger partial charge in [-0.1, -0.05) is 60.7 Å². The van der Waals surface area contributed by atoms with Crippen LogP contribution in [0.5, 0.6) is 11.5 Å². The van der Waals surface area contributed by atoms with Gasteiger partial charge in [0, 0.05) is 27.9 Å². The largest absolute Gasteiger partial charge is 0.454 e. The number of thioether (sulfide) groups is 1. The van der Waals surface area contributed by atoms with E-state index in [4.69, 9.17) is 9.47 Å². The molecule has 6 rings (SSSR count). The molecule has 3 amide bonds. The Labute approximate surface area is 274 Å². The molecular formula is C37H28FN3O5S. The van der Waals surface area contributed by atoms with E-state index in [1.165, 1.54) is 42.1 Å². The van der Waals surface area contributed by atoms with Gasteiger partial charge in [0.25, 0.3) is 11.8 Å². The molecular weight excluding hydrogens is 617 g/mol. The summed E-state index contributed by atoms with van der Waals surface area (Å²) in [5.41, 5.74) is 2.76. The Hall–Kier alpha value is -5.87. The predicted molar refractivity (Wildman–Crippen MR) is 180 cm³/mol. The number of amides is 3. The Morgan fingerprint density at radius 2 is 1.38 bits per heavy atom. The van der Waals surface area contributed by atoms with E-state index in [0.29, 0.717) is 34.0 Å². The topological polar surface area (TPSA) is 106 Å². The third-order valence-corrected chi connectivity index (χ3v) is 8.32. The number of nitrogens with one attached hydrogen (secondary N) is 3. The summed E-state index contributed by atoms with van der Waals surface area (Å²) in [4.78, 5) is 40.6. The summed E-state index contributed by atoms with van der Waals surface area (Å²) in [6.07, 6.45) is 1.48. The Bertz CT molecular complexity index is 1920. The summed E-state index contributed by atoms with van der Waals surface area (Å²) in [6, 6.07) is 35.8. The zero-order valence-corrected chi connectivity index (χ0v) is 25.6. The maximum Gasteiger partial charge on any atom is 0.272 e. The van der Waals surface area contributed by atoms with Crippen molar-refractivity contribution in [1.82, 2.24) is 5.32 Å². The van der Waals surface area contributed by atoms with Gasteiger partial charge in [-0.3, -0.25) is 14.4 Å². The lowest BCUT2D eigenvalue weighted by atomic mass is 10.1. The summed E-state index contributed by atoms with van der Waals surface area (Å²) >= 11 is 1.36. The summed E-state index contributed by atoms with van der Waals surface area (Å²) in [5, 5.41) is 7.88. The highest BCUT2D eigenvalue weighted by Crippen LogP contribution is 2.38. The lowest BCUT2D eigenvalue weighted by Gasteiger charge is -2.18. The molecule has 8 nitrogen and oxygen atoms in total. The monoisotopic (exact) mass is 645 g/mol. The van der Waals surface area contributed by atoms with Gasteiger partial charge in [0.05, 0.1) is 0 Å². The molecule has 5 aromatic carbocycles. The number of rotatable bonds is 10. The number of carbonyl (C=O) groups is 3. The van der Waals surface area contributed by atoms with Crippen LogP contribution in [0.15, 0.2) is 138 Å². The highest BCUT2D eigenvalue weighted by atomic mass is 32.2. The molecule has 0 saturated heterocycles. The number of hydrogen-bond acceptors (Lipinski definition) is 6. The first-order chi connectivity index (χ1) is 22.9. The molecule has 0 aromatic heterocycles. The highest BCUT2D eigenvalue weighted by Gasteiger charge is 2.24. The minimum Gasteiger partial charge on any atom is -0.454 e. The van der Waals surface area contributed by atoms with E-state index in [9.17, 15) is 18.8 Å². The van der Waals surface area contributed by atoms with Crippen molar-refractivity contribution in [2.24, 2.45) is 0 Å². The quantitative estimate of drug-likeness (QED) is 0.108. The van der Waals surface area contributed by atoms with Gasteiger partial charge in [-0.05, 0) is 77.9 Å². The van der Waals surface area contributed by atoms with Crippen LogP contribution >= 0.6 is 11.8 Å². The number of benzene rings is 5. The third kappa shape index (κ3) is 8.05. The van der Waals surface area contributed by atoms with Crippen LogP contribution < -0.4 is 25.4 Å². The number of ether oxygens (including phenoxy) is 2. The molecule has 234 valence electrons. The Morgan fingerprint density at radius 1 is 0.723 bits per heavy atom. The van der Waals surface area contributed by atoms with Crippen molar-refractivity contribution in [3.05, 3.63) is 156 Å². The average molecular weight is 646 g/mol. The van der Waals surface area contributed by atoms with Crippen molar-refractivity contribution in [1.29, 1.82) is 0 Å². The van der Waals surface area contributed by atoms with E-state index in [-0.39, 0.29) is 18.4 Å². The van der Waals surface area contributed by atoms with Crippen LogP contribution in [-0.4, -0.2) is 24.5 Å². The van der Waals surface area contributed by atoms with Crippen molar-refractivity contribution in [2.45, 2.75) is 10.1 Å². The molecule has 1 unspecified atom stereocenters. The fourth-order valence-electron chi connectivity index (χ4n) is 4.70. The summed E-state index contributed by atoms with van der Waals surface area (Å²) in [6.45, 7) is 0.139. The second kappa shape index (κ2) is 14.5. The maximum atomic E-state index is 13.5. The van der Waals surface area contributed by atoms with Crippen molar-refractivity contribution in [2.75, 3.05) is 17.4 Å². The number of fused-ring (bicyclic) bond motifs is 1. The lowest BCUT2D eigenvalue weighted by Crippen LogP contribution is -2.30. The summed E-state index contributed by atoms with van der Waals surface area (Å²) < 4.78 is 24.3. The SMILES string of the molecule is O=C(Nc1ccc(SC(C(=O)Nc2ccc3c(c2)OCO3)c2ccccc2)cc1)/C(=C/c1ccc(F)cc1)NC(=O)c1ccccc1. The molecule has 0 bridgehead atoms. The zero-order valence-electron chi connectivity index (χ0n) is 24.8. The fourth-order valence-corrected chi connectivity index (χ4v) is 5.73. The van der Waals surface area contributed by atoms with Gasteiger partial charge >= 0.3 is 0 Å². The molecule has 1 heterocycles. The van der Waals surface area contributed by atoms with Gasteiger partial charge in [-0.2, -0.15) is 0 Å². The predicted octanol–water partition coefficient (Wildman–Crippen LogP) is 7.44. The van der Waals surface area contributed by atoms with Crippen molar-refractivity contribution in [3.8, 4) is 11.5 Å². The molecule has 0 fully saturated rings. The molecule has 1 atom stereocenters. The number of hydrogen-bond donors (Lipinski definition) is 3. The van der Waals surface area contributed by atoms with Crippen LogP contribution in [0.1, 0.15) is 26.7 Å². The first kappa shape index (κ1) is 31.1. The molecule has 0 spiro atoms. The van der Waals surface area contributed by atoms with Gasteiger partial charge < -0.3 is 25.4 Å². The van der Waals surface area contributed by atoms with E-state index in [2.05, 4.69) is 16.0 Å². The minimum atomic E-state index is -0.583. The van der Waals surface area contributed by atoms with Crippen molar-refractivity contribution < 1.29 is 28.2 Å². The second-order valence-corrected chi connectivity index (χ2v) is 11.6. The van der Waals surface area contributed by atoms with Gasteiger partial charge in [-0.25, -0.2) is 4.39 Å². The standard InChI is InChI=1S/C37H28FN3O5S/c38-27-13-11-24(12-14-27)21-31(41-35(42)26-9-5-2-6-10-26)36(43)39-28-15-18-30(19-16-28)47-34(25-7-3-1-4-8-25)37(44)40-29-17-20-32-33(22-29)46-23-45-32/h1-22,34H,23H2,(H,39,43)(H,40,44)(H,41,42)/b31-21-. The molecule has 0 saturated carbocycles. The average Bonchev–Trinajstić information content (AvgIpc) is 3.57. The molecule has 47 heavy (non-hydrogen) atoms. The molecule has 0 aliphatic carbocycles. The van der Waals surface area contributed by atoms with Crippen molar-refractivity contribution in [3.63, 3.8) is 0 Å². The number of anilines is 2. The first-order valence-corrected chi connectivity index (χ1v) is 15.5. The van der Waals surface area contributed by atoms with E-state index in [1.54, 1.807) is 72.8 Å². The summed E-state index contributed by atoms with van der Waals surface area (Å²) in [5.74, 6) is -0.474. The first-order valence-electron chi connectivity index (χ1n) is 14.6. The van der Waals surface area contributed by atoms with Crippen molar-refractivity contribution >= 4 is 46.9 Å². The van der Waals surface area contributed by atoms with E-state index in [0.717, 1.165) is 10.5 Å². The number of halogens is 1. The van der Waals surface area contributed by atoms with E-state index in [1.807, 2.05) is 30.3 Å². The van der Waals surface area contributed by atoms with E-state index >= 15 is 0 Å². The van der Waals surface area contributed by atoms with Gasteiger partial charge in [0.1, 0.15) is 16.8 Å². The van der Waals surface area contributed by atoms with Crippen LogP contribution in [-0.2, 0) is 9.59 Å². The Morgan fingerprint density at radius 3 is 2.11 bits per heavy atom.